The van der Waals surface area contributed by atoms with Crippen LogP contribution in [0.5, 0.6) is 17.2 Å². The van der Waals surface area contributed by atoms with Crippen molar-refractivity contribution in [3.63, 3.8) is 0 Å². The van der Waals surface area contributed by atoms with E-state index in [4.69, 9.17) is 26.4 Å². The van der Waals surface area contributed by atoms with Gasteiger partial charge in [0.1, 0.15) is 5.75 Å². The minimum atomic E-state index is -0.490. The van der Waals surface area contributed by atoms with Crippen molar-refractivity contribution in [1.29, 1.82) is 0 Å². The molecule has 3 aromatic rings. The zero-order valence-electron chi connectivity index (χ0n) is 18.4. The highest BCUT2D eigenvalue weighted by molar-refractivity contribution is 7.80. The Bertz CT molecular complexity index is 1100. The van der Waals surface area contributed by atoms with Gasteiger partial charge < -0.3 is 19.5 Å². The molecule has 0 unspecified atom stereocenters. The summed E-state index contributed by atoms with van der Waals surface area (Å²) in [6.45, 7) is 2.66. The number of nitrogens with one attached hydrogen (secondary N) is 2. The van der Waals surface area contributed by atoms with Crippen LogP contribution in [0.3, 0.4) is 0 Å². The van der Waals surface area contributed by atoms with Gasteiger partial charge in [0.15, 0.2) is 16.6 Å². The predicted molar refractivity (Wildman–Crippen MR) is 134 cm³/mol. The van der Waals surface area contributed by atoms with E-state index < -0.39 is 5.97 Å². The summed E-state index contributed by atoms with van der Waals surface area (Å²) in [6, 6.07) is 21.5. The monoisotopic (exact) mass is 463 g/mol. The first-order valence-corrected chi connectivity index (χ1v) is 10.8. The van der Waals surface area contributed by atoms with Gasteiger partial charge in [0.05, 0.1) is 25.5 Å². The van der Waals surface area contributed by atoms with Crippen molar-refractivity contribution in [2.45, 2.75) is 13.3 Å². The maximum Gasteiger partial charge on any atom is 0.343 e. The van der Waals surface area contributed by atoms with Crippen LogP contribution in [0, 0.1) is 0 Å². The Morgan fingerprint density at radius 1 is 1.03 bits per heavy atom. The van der Waals surface area contributed by atoms with E-state index in [0.29, 0.717) is 34.5 Å². The highest BCUT2D eigenvalue weighted by atomic mass is 32.1. The van der Waals surface area contributed by atoms with Crippen LogP contribution in [-0.2, 0) is 0 Å². The lowest BCUT2D eigenvalue weighted by molar-refractivity contribution is 0.0729. The molecule has 2 N–H and O–H groups in total. The number of rotatable bonds is 9. The fraction of sp³-hybridized carbons (Fsp3) is 0.160. The third kappa shape index (κ3) is 7.33. The molecular formula is C25H25N3O4S. The molecule has 0 atom stereocenters. The standard InChI is InChI=1S/C25H25N3O4S/c1-3-15-31-21-12-10-19(11-13-21)24(29)32-22-14-9-18(16-23(22)30-2)17-26-28-25(33)27-20-7-5-4-6-8-20/h4-14,16-17H,3,15H2,1-2H3,(H2,27,28,33)/b26-17+. The number of carbonyl (C=O) groups excluding carboxylic acids is 1. The number of para-hydroxylation sites is 1. The minimum Gasteiger partial charge on any atom is -0.494 e. The summed E-state index contributed by atoms with van der Waals surface area (Å²) in [5.74, 6) is 0.929. The Morgan fingerprint density at radius 3 is 2.48 bits per heavy atom. The van der Waals surface area contributed by atoms with E-state index in [9.17, 15) is 4.79 Å². The first-order chi connectivity index (χ1) is 16.1. The fourth-order valence-electron chi connectivity index (χ4n) is 2.76. The molecule has 0 spiro atoms. The van der Waals surface area contributed by atoms with Crippen LogP contribution in [-0.4, -0.2) is 31.0 Å². The van der Waals surface area contributed by atoms with E-state index in [1.165, 1.54) is 7.11 Å². The van der Waals surface area contributed by atoms with Crippen LogP contribution < -0.4 is 25.0 Å². The van der Waals surface area contributed by atoms with E-state index in [-0.39, 0.29) is 0 Å². The van der Waals surface area contributed by atoms with Crippen molar-refractivity contribution in [3.05, 3.63) is 83.9 Å². The number of thiocarbonyl (C=S) groups is 1. The average Bonchev–Trinajstić information content (AvgIpc) is 2.84. The van der Waals surface area contributed by atoms with Crippen LogP contribution >= 0.6 is 12.2 Å². The third-order valence-electron chi connectivity index (χ3n) is 4.36. The highest BCUT2D eigenvalue weighted by Crippen LogP contribution is 2.28. The fourth-order valence-corrected chi connectivity index (χ4v) is 2.93. The summed E-state index contributed by atoms with van der Waals surface area (Å²) in [6.07, 6.45) is 2.50. The van der Waals surface area contributed by atoms with E-state index in [1.54, 1.807) is 48.7 Å². The normalized spacial score (nSPS) is 10.5. The van der Waals surface area contributed by atoms with Gasteiger partial charge in [0.2, 0.25) is 0 Å². The second kappa shape index (κ2) is 12.2. The molecule has 0 amide bonds. The lowest BCUT2D eigenvalue weighted by atomic mass is 10.2. The SMILES string of the molecule is CCCOc1ccc(C(=O)Oc2ccc(/C=N/NC(=S)Nc3ccccc3)cc2OC)cc1. The summed E-state index contributed by atoms with van der Waals surface area (Å²) in [5, 5.41) is 7.52. The van der Waals surface area contributed by atoms with Crippen LogP contribution in [0.1, 0.15) is 29.3 Å². The average molecular weight is 464 g/mol. The van der Waals surface area contributed by atoms with Crippen molar-refractivity contribution < 1.29 is 19.0 Å². The van der Waals surface area contributed by atoms with Crippen LogP contribution in [0.2, 0.25) is 0 Å². The zero-order valence-corrected chi connectivity index (χ0v) is 19.2. The number of anilines is 1. The van der Waals surface area contributed by atoms with E-state index >= 15 is 0 Å². The molecule has 0 aromatic heterocycles. The molecule has 0 heterocycles. The number of esters is 1. The quantitative estimate of drug-likeness (QED) is 0.152. The van der Waals surface area contributed by atoms with Crippen molar-refractivity contribution in [3.8, 4) is 17.2 Å². The third-order valence-corrected chi connectivity index (χ3v) is 4.56. The molecule has 3 aromatic carbocycles. The number of nitrogens with zero attached hydrogens (tertiary/aromatic N) is 1. The molecule has 33 heavy (non-hydrogen) atoms. The summed E-state index contributed by atoms with van der Waals surface area (Å²) in [7, 11) is 1.50. The van der Waals surface area contributed by atoms with E-state index in [2.05, 4.69) is 15.8 Å². The molecule has 0 bridgehead atoms. The van der Waals surface area contributed by atoms with Crippen LogP contribution in [0.15, 0.2) is 77.9 Å². The lowest BCUT2D eigenvalue weighted by Gasteiger charge is -2.10. The minimum absolute atomic E-state index is 0.306. The Kier molecular flexibility index (Phi) is 8.79. The molecule has 0 aliphatic heterocycles. The van der Waals surface area contributed by atoms with Gasteiger partial charge in [-0.05, 0) is 78.8 Å². The molecule has 7 nitrogen and oxygen atoms in total. The van der Waals surface area contributed by atoms with Crippen LogP contribution in [0.25, 0.3) is 0 Å². The smallest absolute Gasteiger partial charge is 0.343 e. The number of hydrogen-bond acceptors (Lipinski definition) is 6. The molecule has 0 aliphatic rings. The van der Waals surface area contributed by atoms with Gasteiger partial charge in [0, 0.05) is 5.69 Å². The molecular weight excluding hydrogens is 438 g/mol. The topological polar surface area (TPSA) is 81.2 Å². The number of hydrogen-bond donors (Lipinski definition) is 2. The number of ether oxygens (including phenoxy) is 3. The largest absolute Gasteiger partial charge is 0.494 e. The first kappa shape index (κ1) is 23.7. The summed E-state index contributed by atoms with van der Waals surface area (Å²) in [4.78, 5) is 12.5. The summed E-state index contributed by atoms with van der Waals surface area (Å²) < 4.78 is 16.4. The van der Waals surface area contributed by atoms with Crippen molar-refractivity contribution >= 4 is 35.2 Å². The molecule has 170 valence electrons. The predicted octanol–water partition coefficient (Wildman–Crippen LogP) is 5.02. The molecule has 3 rings (SSSR count). The van der Waals surface area contributed by atoms with E-state index in [0.717, 1.165) is 17.7 Å². The Balaban J connectivity index is 1.59. The maximum absolute atomic E-state index is 12.5. The molecule has 0 fully saturated rings. The summed E-state index contributed by atoms with van der Waals surface area (Å²) in [5.41, 5.74) is 4.77. The van der Waals surface area contributed by atoms with Crippen LogP contribution in [0.4, 0.5) is 5.69 Å². The number of carbonyl (C=O) groups is 1. The molecule has 0 saturated heterocycles. The zero-order chi connectivity index (χ0) is 23.5. The lowest BCUT2D eigenvalue weighted by Crippen LogP contribution is -2.23. The van der Waals surface area contributed by atoms with Gasteiger partial charge in [0.25, 0.3) is 0 Å². The van der Waals surface area contributed by atoms with Gasteiger partial charge in [-0.3, -0.25) is 5.43 Å². The van der Waals surface area contributed by atoms with Gasteiger partial charge in [-0.25, -0.2) is 4.79 Å². The Morgan fingerprint density at radius 2 is 1.79 bits per heavy atom. The highest BCUT2D eigenvalue weighted by Gasteiger charge is 2.13. The van der Waals surface area contributed by atoms with Gasteiger partial charge in [-0.15, -0.1) is 0 Å². The molecule has 0 saturated carbocycles. The van der Waals surface area contributed by atoms with Gasteiger partial charge in [-0.1, -0.05) is 25.1 Å². The van der Waals surface area contributed by atoms with Crippen molar-refractivity contribution in [2.75, 3.05) is 19.0 Å². The number of benzene rings is 3. The first-order valence-electron chi connectivity index (χ1n) is 10.4. The van der Waals surface area contributed by atoms with Gasteiger partial charge in [-0.2, -0.15) is 5.10 Å². The maximum atomic E-state index is 12.5. The van der Waals surface area contributed by atoms with Crippen molar-refractivity contribution in [2.24, 2.45) is 5.10 Å². The molecule has 0 radical (unpaired) electrons. The summed E-state index contributed by atoms with van der Waals surface area (Å²) >= 11 is 5.22. The van der Waals surface area contributed by atoms with E-state index in [1.807, 2.05) is 37.3 Å². The van der Waals surface area contributed by atoms with Crippen molar-refractivity contribution in [1.82, 2.24) is 5.43 Å². The number of methoxy groups -OCH3 is 1. The Hall–Kier alpha value is -3.91. The number of hydrazone groups is 1. The Labute approximate surface area is 198 Å². The molecule has 8 heteroatoms. The molecule has 0 aliphatic carbocycles. The van der Waals surface area contributed by atoms with Gasteiger partial charge >= 0.3 is 5.97 Å². The second-order valence-electron chi connectivity index (χ2n) is 6.86. The second-order valence-corrected chi connectivity index (χ2v) is 7.27.